The second kappa shape index (κ2) is 5.52. The first-order valence-corrected chi connectivity index (χ1v) is 7.14. The lowest BCUT2D eigenvalue weighted by Crippen LogP contribution is -2.22. The minimum atomic E-state index is -0.447. The summed E-state index contributed by atoms with van der Waals surface area (Å²) in [7, 11) is 0. The zero-order chi connectivity index (χ0) is 15.0. The summed E-state index contributed by atoms with van der Waals surface area (Å²) in [5.74, 6) is 0.177. The molecule has 0 aliphatic carbocycles. The molecule has 0 aromatic heterocycles. The molecular weight excluding hydrogens is 344 g/mol. The Labute approximate surface area is 128 Å². The molecular formula is C15H12BrF2NO2. The molecule has 1 aliphatic heterocycles. The molecule has 3 rings (SSSR count). The summed E-state index contributed by atoms with van der Waals surface area (Å²) >= 11 is 3.05. The number of anilines is 1. The van der Waals surface area contributed by atoms with E-state index in [0.717, 1.165) is 5.56 Å². The van der Waals surface area contributed by atoms with Crippen LogP contribution in [-0.2, 0) is 6.42 Å². The number of halogens is 3. The highest BCUT2D eigenvalue weighted by Crippen LogP contribution is 2.31. The molecule has 0 saturated heterocycles. The van der Waals surface area contributed by atoms with Gasteiger partial charge in [0.2, 0.25) is 0 Å². The topological polar surface area (TPSA) is 44.5 Å². The average molecular weight is 356 g/mol. The summed E-state index contributed by atoms with van der Waals surface area (Å²) in [5, 5.41) is 0. The molecule has 6 heteroatoms. The Kier molecular flexibility index (Phi) is 3.71. The quantitative estimate of drug-likeness (QED) is 0.854. The average Bonchev–Trinajstić information content (AvgIpc) is 2.83. The minimum absolute atomic E-state index is 0.210. The first kappa shape index (κ1) is 14.1. The van der Waals surface area contributed by atoms with Crippen LogP contribution in [0.5, 0.6) is 11.5 Å². The lowest BCUT2D eigenvalue weighted by Gasteiger charge is -2.14. The van der Waals surface area contributed by atoms with E-state index in [4.69, 9.17) is 15.2 Å². The molecule has 0 spiro atoms. The van der Waals surface area contributed by atoms with E-state index >= 15 is 0 Å². The summed E-state index contributed by atoms with van der Waals surface area (Å²) in [6.45, 7) is 0.210. The van der Waals surface area contributed by atoms with Gasteiger partial charge in [-0.25, -0.2) is 8.78 Å². The molecule has 3 nitrogen and oxygen atoms in total. The third kappa shape index (κ3) is 2.95. The van der Waals surface area contributed by atoms with E-state index in [9.17, 15) is 8.78 Å². The fourth-order valence-corrected chi connectivity index (χ4v) is 2.59. The van der Waals surface area contributed by atoms with Crippen LogP contribution < -0.4 is 15.2 Å². The van der Waals surface area contributed by atoms with Gasteiger partial charge in [0, 0.05) is 18.1 Å². The van der Waals surface area contributed by atoms with Crippen molar-refractivity contribution < 1.29 is 18.3 Å². The molecule has 0 bridgehead atoms. The number of hydrogen-bond donors (Lipinski definition) is 1. The maximum atomic E-state index is 13.5. The molecule has 0 saturated carbocycles. The molecule has 0 radical (unpaired) electrons. The number of rotatable bonds is 3. The SMILES string of the molecule is Nc1cc(Br)c(F)cc1OCC1Cc2cc(F)ccc2O1. The van der Waals surface area contributed by atoms with Crippen LogP contribution in [0.1, 0.15) is 5.56 Å². The van der Waals surface area contributed by atoms with Crippen molar-refractivity contribution in [2.75, 3.05) is 12.3 Å². The Bertz CT molecular complexity index is 694. The standard InChI is InChI=1S/C15H12BrF2NO2/c16-11-5-13(19)15(6-12(11)18)20-7-10-4-8-3-9(17)1-2-14(8)21-10/h1-3,5-6,10H,4,7,19H2. The molecule has 110 valence electrons. The summed E-state index contributed by atoms with van der Waals surface area (Å²) in [6, 6.07) is 7.07. The normalized spacial score (nSPS) is 16.4. The predicted octanol–water partition coefficient (Wildman–Crippen LogP) is 3.69. The Hall–Kier alpha value is -1.82. The summed E-state index contributed by atoms with van der Waals surface area (Å²) in [4.78, 5) is 0. The van der Waals surface area contributed by atoms with Crippen LogP contribution in [0.4, 0.5) is 14.5 Å². The highest BCUT2D eigenvalue weighted by atomic mass is 79.9. The Morgan fingerprint density at radius 2 is 2.10 bits per heavy atom. The summed E-state index contributed by atoms with van der Waals surface area (Å²) < 4.78 is 38.0. The van der Waals surface area contributed by atoms with Gasteiger partial charge in [-0.2, -0.15) is 0 Å². The van der Waals surface area contributed by atoms with E-state index in [1.165, 1.54) is 24.3 Å². The number of nitrogen functional groups attached to an aromatic ring is 1. The highest BCUT2D eigenvalue weighted by molar-refractivity contribution is 9.10. The van der Waals surface area contributed by atoms with Crippen molar-refractivity contribution in [2.45, 2.75) is 12.5 Å². The number of ether oxygens (including phenoxy) is 2. The van der Waals surface area contributed by atoms with Crippen molar-refractivity contribution in [3.05, 3.63) is 52.0 Å². The van der Waals surface area contributed by atoms with Crippen molar-refractivity contribution in [1.29, 1.82) is 0 Å². The molecule has 1 aliphatic rings. The van der Waals surface area contributed by atoms with Gasteiger partial charge in [0.25, 0.3) is 0 Å². The summed E-state index contributed by atoms with van der Waals surface area (Å²) in [5.41, 5.74) is 6.91. The monoisotopic (exact) mass is 355 g/mol. The Morgan fingerprint density at radius 1 is 1.29 bits per heavy atom. The van der Waals surface area contributed by atoms with Gasteiger partial charge in [-0.1, -0.05) is 0 Å². The van der Waals surface area contributed by atoms with Gasteiger partial charge in [-0.05, 0) is 40.2 Å². The van der Waals surface area contributed by atoms with E-state index in [0.29, 0.717) is 17.9 Å². The Morgan fingerprint density at radius 3 is 2.90 bits per heavy atom. The first-order valence-electron chi connectivity index (χ1n) is 6.35. The fraction of sp³-hybridized carbons (Fsp3) is 0.200. The molecule has 2 N–H and O–H groups in total. The van der Waals surface area contributed by atoms with Crippen LogP contribution >= 0.6 is 15.9 Å². The number of hydrogen-bond acceptors (Lipinski definition) is 3. The van der Waals surface area contributed by atoms with Crippen LogP contribution in [0.25, 0.3) is 0 Å². The van der Waals surface area contributed by atoms with Crippen molar-refractivity contribution in [3.8, 4) is 11.5 Å². The second-order valence-corrected chi connectivity index (χ2v) is 5.67. The van der Waals surface area contributed by atoms with Gasteiger partial charge < -0.3 is 15.2 Å². The smallest absolute Gasteiger partial charge is 0.145 e. The maximum Gasteiger partial charge on any atom is 0.145 e. The maximum absolute atomic E-state index is 13.5. The highest BCUT2D eigenvalue weighted by Gasteiger charge is 2.24. The van der Waals surface area contributed by atoms with Gasteiger partial charge in [-0.15, -0.1) is 0 Å². The third-order valence-corrected chi connectivity index (χ3v) is 3.85. The molecule has 2 aromatic rings. The lowest BCUT2D eigenvalue weighted by atomic mass is 10.1. The zero-order valence-corrected chi connectivity index (χ0v) is 12.5. The molecule has 0 amide bonds. The first-order chi connectivity index (χ1) is 10.0. The lowest BCUT2D eigenvalue weighted by molar-refractivity contribution is 0.149. The van der Waals surface area contributed by atoms with Crippen LogP contribution in [-0.4, -0.2) is 12.7 Å². The van der Waals surface area contributed by atoms with E-state index in [1.807, 2.05) is 0 Å². The van der Waals surface area contributed by atoms with Crippen molar-refractivity contribution in [3.63, 3.8) is 0 Å². The van der Waals surface area contributed by atoms with Gasteiger partial charge in [0.15, 0.2) is 0 Å². The number of fused-ring (bicyclic) bond motifs is 1. The molecule has 0 fully saturated rings. The van der Waals surface area contributed by atoms with E-state index in [2.05, 4.69) is 15.9 Å². The fourth-order valence-electron chi connectivity index (χ4n) is 2.23. The van der Waals surface area contributed by atoms with E-state index < -0.39 is 5.82 Å². The van der Waals surface area contributed by atoms with Crippen molar-refractivity contribution in [2.24, 2.45) is 0 Å². The van der Waals surface area contributed by atoms with Crippen LogP contribution in [0, 0.1) is 11.6 Å². The molecule has 21 heavy (non-hydrogen) atoms. The van der Waals surface area contributed by atoms with Crippen molar-refractivity contribution >= 4 is 21.6 Å². The van der Waals surface area contributed by atoms with Gasteiger partial charge >= 0.3 is 0 Å². The number of nitrogens with two attached hydrogens (primary N) is 1. The predicted molar refractivity (Wildman–Crippen MR) is 78.5 cm³/mol. The molecule has 1 atom stereocenters. The van der Waals surface area contributed by atoms with E-state index in [-0.39, 0.29) is 28.8 Å². The molecule has 1 heterocycles. The minimum Gasteiger partial charge on any atom is -0.487 e. The molecule has 1 unspecified atom stereocenters. The zero-order valence-electron chi connectivity index (χ0n) is 10.9. The van der Waals surface area contributed by atoms with Gasteiger partial charge in [-0.3, -0.25) is 0 Å². The second-order valence-electron chi connectivity index (χ2n) is 4.81. The number of benzene rings is 2. The van der Waals surface area contributed by atoms with Gasteiger partial charge in [0.05, 0.1) is 10.2 Å². The largest absolute Gasteiger partial charge is 0.487 e. The van der Waals surface area contributed by atoms with Gasteiger partial charge in [0.1, 0.15) is 35.8 Å². The summed E-state index contributed by atoms with van der Waals surface area (Å²) in [6.07, 6.45) is 0.305. The molecule has 2 aromatic carbocycles. The Balaban J connectivity index is 1.66. The van der Waals surface area contributed by atoms with E-state index in [1.54, 1.807) is 6.07 Å². The van der Waals surface area contributed by atoms with Crippen LogP contribution in [0.15, 0.2) is 34.8 Å². The third-order valence-electron chi connectivity index (χ3n) is 3.24. The van der Waals surface area contributed by atoms with Crippen LogP contribution in [0.2, 0.25) is 0 Å². The van der Waals surface area contributed by atoms with Crippen LogP contribution in [0.3, 0.4) is 0 Å². The van der Waals surface area contributed by atoms with Crippen molar-refractivity contribution in [1.82, 2.24) is 0 Å².